The summed E-state index contributed by atoms with van der Waals surface area (Å²) >= 11 is 0. The summed E-state index contributed by atoms with van der Waals surface area (Å²) in [5, 5.41) is 0. The van der Waals surface area contributed by atoms with Crippen molar-refractivity contribution in [1.29, 1.82) is 0 Å². The molecular formula is C7H8F6O. The molecule has 0 aliphatic rings. The molecule has 7 heteroatoms. The zero-order chi connectivity index (χ0) is 11.8. The first-order chi connectivity index (χ1) is 5.93. The Hall–Kier alpha value is -0.750. The molecule has 0 unspecified atom stereocenters. The van der Waals surface area contributed by atoms with E-state index in [1.54, 1.807) is 0 Å². The van der Waals surface area contributed by atoms with Crippen molar-refractivity contribution in [3.05, 3.63) is 0 Å². The molecule has 0 spiro atoms. The molecule has 0 aliphatic heterocycles. The first-order valence-electron chi connectivity index (χ1n) is 3.52. The summed E-state index contributed by atoms with van der Waals surface area (Å²) < 4.78 is 72.1. The van der Waals surface area contributed by atoms with E-state index in [9.17, 15) is 31.1 Å². The Labute approximate surface area is 76.1 Å². The van der Waals surface area contributed by atoms with E-state index in [4.69, 9.17) is 0 Å². The molecule has 0 aromatic heterocycles. The molecule has 0 aromatic carbocycles. The summed E-state index contributed by atoms with van der Waals surface area (Å²) in [6.07, 6.45) is -11.3. The van der Waals surface area contributed by atoms with Crippen molar-refractivity contribution in [3.8, 4) is 0 Å². The summed E-state index contributed by atoms with van der Waals surface area (Å²) in [5.41, 5.74) is -2.50. The fourth-order valence-corrected chi connectivity index (χ4v) is 1.10. The Morgan fingerprint density at radius 1 is 0.929 bits per heavy atom. The van der Waals surface area contributed by atoms with Crippen molar-refractivity contribution in [1.82, 2.24) is 0 Å². The maximum atomic E-state index is 12.0. The van der Waals surface area contributed by atoms with Gasteiger partial charge in [-0.1, -0.05) is 13.8 Å². The van der Waals surface area contributed by atoms with E-state index >= 15 is 0 Å². The van der Waals surface area contributed by atoms with Gasteiger partial charge in [0, 0.05) is 5.41 Å². The van der Waals surface area contributed by atoms with Crippen molar-refractivity contribution in [3.63, 3.8) is 0 Å². The second kappa shape index (κ2) is 3.43. The Bertz CT molecular complexity index is 199. The number of carbonyl (C=O) groups is 1. The lowest BCUT2D eigenvalue weighted by atomic mass is 9.79. The van der Waals surface area contributed by atoms with Gasteiger partial charge >= 0.3 is 12.4 Å². The fraction of sp³-hybridized carbons (Fsp3) is 0.857. The van der Waals surface area contributed by atoms with Crippen LogP contribution in [0.15, 0.2) is 0 Å². The van der Waals surface area contributed by atoms with E-state index in [2.05, 4.69) is 0 Å². The maximum Gasteiger partial charge on any atom is 0.401 e. The lowest BCUT2D eigenvalue weighted by Crippen LogP contribution is -2.47. The Morgan fingerprint density at radius 3 is 1.29 bits per heavy atom. The van der Waals surface area contributed by atoms with Crippen molar-refractivity contribution in [2.24, 2.45) is 11.3 Å². The van der Waals surface area contributed by atoms with Crippen LogP contribution in [-0.2, 0) is 4.79 Å². The van der Waals surface area contributed by atoms with Gasteiger partial charge in [0.2, 0.25) is 0 Å². The zero-order valence-corrected chi connectivity index (χ0v) is 7.33. The van der Waals surface area contributed by atoms with E-state index in [0.717, 1.165) is 0 Å². The number of hydrogen-bond acceptors (Lipinski definition) is 1. The molecule has 0 radical (unpaired) electrons. The molecule has 0 aliphatic carbocycles. The highest BCUT2D eigenvalue weighted by molar-refractivity contribution is 5.59. The molecule has 0 bridgehead atoms. The van der Waals surface area contributed by atoms with Gasteiger partial charge in [0.1, 0.15) is 6.29 Å². The van der Waals surface area contributed by atoms with Crippen molar-refractivity contribution < 1.29 is 31.1 Å². The highest BCUT2D eigenvalue weighted by atomic mass is 19.4. The largest absolute Gasteiger partial charge is 0.401 e. The average Bonchev–Trinajstić information content (AvgIpc) is 1.79. The fourth-order valence-electron chi connectivity index (χ4n) is 1.10. The van der Waals surface area contributed by atoms with Gasteiger partial charge in [0.05, 0.1) is 0 Å². The normalized spacial score (nSPS) is 14.6. The van der Waals surface area contributed by atoms with Crippen molar-refractivity contribution in [2.45, 2.75) is 26.2 Å². The lowest BCUT2D eigenvalue weighted by Gasteiger charge is -2.32. The van der Waals surface area contributed by atoms with Gasteiger partial charge in [-0.15, -0.1) is 0 Å². The van der Waals surface area contributed by atoms with Crippen molar-refractivity contribution in [2.75, 3.05) is 0 Å². The number of halogens is 6. The number of aldehydes is 1. The highest BCUT2D eigenvalue weighted by Crippen LogP contribution is 2.48. The number of carbonyl (C=O) groups excluding carboxylic acids is 1. The molecule has 0 N–H and O–H groups in total. The van der Waals surface area contributed by atoms with E-state index in [1.165, 1.54) is 0 Å². The predicted molar refractivity (Wildman–Crippen MR) is 35.4 cm³/mol. The molecule has 0 amide bonds. The van der Waals surface area contributed by atoms with Crippen LogP contribution in [-0.4, -0.2) is 18.6 Å². The minimum atomic E-state index is -5.47. The minimum absolute atomic E-state index is 0.335. The highest BCUT2D eigenvalue weighted by Gasteiger charge is 2.63. The molecule has 0 heterocycles. The molecule has 0 aromatic rings. The first kappa shape index (κ1) is 13.2. The Morgan fingerprint density at radius 2 is 1.21 bits per heavy atom. The van der Waals surface area contributed by atoms with Gasteiger partial charge in [-0.05, 0) is 0 Å². The standard InChI is InChI=1S/C7H8F6O/c1-5(2,3-14)4(6(8,9)10)7(11,12)13/h3-4H,1-2H3. The molecule has 0 saturated heterocycles. The van der Waals surface area contributed by atoms with E-state index in [0.29, 0.717) is 13.8 Å². The van der Waals surface area contributed by atoms with Crippen LogP contribution in [0.4, 0.5) is 26.3 Å². The summed E-state index contributed by atoms with van der Waals surface area (Å²) in [5.74, 6) is -3.63. The molecule has 0 fully saturated rings. The number of hydrogen-bond donors (Lipinski definition) is 0. The lowest BCUT2D eigenvalue weighted by molar-refractivity contribution is -0.306. The third kappa shape index (κ3) is 2.88. The van der Waals surface area contributed by atoms with Crippen molar-refractivity contribution >= 4 is 6.29 Å². The quantitative estimate of drug-likeness (QED) is 0.518. The van der Waals surface area contributed by atoms with Gasteiger partial charge in [-0.2, -0.15) is 26.3 Å². The van der Waals surface area contributed by atoms with Gasteiger partial charge in [0.25, 0.3) is 0 Å². The summed E-state index contributed by atoms with van der Waals surface area (Å²) in [4.78, 5) is 10.2. The summed E-state index contributed by atoms with van der Waals surface area (Å²) in [6.45, 7) is 1.21. The molecule has 0 saturated carbocycles. The summed E-state index contributed by atoms with van der Waals surface area (Å²) in [7, 11) is 0. The maximum absolute atomic E-state index is 12.0. The molecule has 0 atom stereocenters. The van der Waals surface area contributed by atoms with Gasteiger partial charge in [-0.3, -0.25) is 0 Å². The minimum Gasteiger partial charge on any atom is -0.303 e. The number of rotatable bonds is 2. The summed E-state index contributed by atoms with van der Waals surface area (Å²) in [6, 6.07) is 0. The molecule has 84 valence electrons. The van der Waals surface area contributed by atoms with E-state index < -0.39 is 23.7 Å². The smallest absolute Gasteiger partial charge is 0.303 e. The predicted octanol–water partition coefficient (Wildman–Crippen LogP) is 2.95. The Balaban J connectivity index is 5.24. The van der Waals surface area contributed by atoms with Gasteiger partial charge in [-0.25, -0.2) is 0 Å². The first-order valence-corrected chi connectivity index (χ1v) is 3.52. The zero-order valence-electron chi connectivity index (χ0n) is 7.33. The molecular weight excluding hydrogens is 214 g/mol. The second-order valence-electron chi connectivity index (χ2n) is 3.46. The Kier molecular flexibility index (Phi) is 3.25. The number of alkyl halides is 6. The van der Waals surface area contributed by atoms with Crippen LogP contribution in [0.25, 0.3) is 0 Å². The van der Waals surface area contributed by atoms with Crippen LogP contribution in [0.1, 0.15) is 13.8 Å². The van der Waals surface area contributed by atoms with E-state index in [1.807, 2.05) is 0 Å². The van der Waals surface area contributed by atoms with Crippen LogP contribution in [0, 0.1) is 11.3 Å². The third-order valence-electron chi connectivity index (χ3n) is 1.70. The van der Waals surface area contributed by atoms with Crippen LogP contribution >= 0.6 is 0 Å². The van der Waals surface area contributed by atoms with Crippen LogP contribution in [0.5, 0.6) is 0 Å². The van der Waals surface area contributed by atoms with Crippen LogP contribution < -0.4 is 0 Å². The monoisotopic (exact) mass is 222 g/mol. The average molecular weight is 222 g/mol. The van der Waals surface area contributed by atoms with E-state index in [-0.39, 0.29) is 6.29 Å². The topological polar surface area (TPSA) is 17.1 Å². The molecule has 0 rings (SSSR count). The third-order valence-corrected chi connectivity index (χ3v) is 1.70. The van der Waals surface area contributed by atoms with Crippen LogP contribution in [0.3, 0.4) is 0 Å². The van der Waals surface area contributed by atoms with Gasteiger partial charge in [0.15, 0.2) is 5.92 Å². The molecule has 1 nitrogen and oxygen atoms in total. The van der Waals surface area contributed by atoms with Gasteiger partial charge < -0.3 is 4.79 Å². The second-order valence-corrected chi connectivity index (χ2v) is 3.46. The van der Waals surface area contributed by atoms with Crippen LogP contribution in [0.2, 0.25) is 0 Å². The molecule has 14 heavy (non-hydrogen) atoms. The SMILES string of the molecule is CC(C)(C=O)C(C(F)(F)F)C(F)(F)F.